The summed E-state index contributed by atoms with van der Waals surface area (Å²) in [4.78, 5) is 2.49. The molecule has 0 aromatic heterocycles. The number of ether oxygens (including phenoxy) is 2. The SMILES string of the molecule is COc1ccc(Br)c([C@H](C2CCOCC2)N2CCNCC2)c1O.Cl.Cl. The van der Waals surface area contributed by atoms with Gasteiger partial charge in [-0.05, 0) is 30.9 Å². The Morgan fingerprint density at radius 2 is 1.88 bits per heavy atom. The minimum absolute atomic E-state index is 0. The molecule has 0 radical (unpaired) electrons. The van der Waals surface area contributed by atoms with Crippen LogP contribution in [0.15, 0.2) is 16.6 Å². The lowest BCUT2D eigenvalue weighted by atomic mass is 9.85. The van der Waals surface area contributed by atoms with E-state index in [4.69, 9.17) is 9.47 Å². The highest BCUT2D eigenvalue weighted by Crippen LogP contribution is 2.46. The van der Waals surface area contributed by atoms with Crippen molar-refractivity contribution in [1.82, 2.24) is 10.2 Å². The van der Waals surface area contributed by atoms with Gasteiger partial charge >= 0.3 is 0 Å². The molecule has 0 unspecified atom stereocenters. The number of nitrogens with zero attached hydrogens (tertiary/aromatic N) is 1. The van der Waals surface area contributed by atoms with Crippen molar-refractivity contribution in [2.24, 2.45) is 5.92 Å². The first kappa shape index (κ1) is 22.8. The molecule has 1 atom stereocenters. The lowest BCUT2D eigenvalue weighted by Crippen LogP contribution is -2.47. The van der Waals surface area contributed by atoms with Gasteiger partial charge in [0, 0.05) is 55.5 Å². The summed E-state index contributed by atoms with van der Waals surface area (Å²) in [7, 11) is 1.60. The van der Waals surface area contributed by atoms with Gasteiger partial charge in [-0.15, -0.1) is 24.8 Å². The summed E-state index contributed by atoms with van der Waals surface area (Å²) in [6.45, 7) is 5.56. The molecule has 144 valence electrons. The minimum Gasteiger partial charge on any atom is -0.504 e. The van der Waals surface area contributed by atoms with Gasteiger partial charge in [0.2, 0.25) is 0 Å². The van der Waals surface area contributed by atoms with E-state index in [0.717, 1.165) is 62.3 Å². The van der Waals surface area contributed by atoms with Crippen molar-refractivity contribution >= 4 is 40.7 Å². The monoisotopic (exact) mass is 456 g/mol. The van der Waals surface area contributed by atoms with Crippen LogP contribution in [0.25, 0.3) is 0 Å². The Morgan fingerprint density at radius 3 is 2.48 bits per heavy atom. The molecule has 0 amide bonds. The van der Waals surface area contributed by atoms with Crippen molar-refractivity contribution in [2.45, 2.75) is 18.9 Å². The van der Waals surface area contributed by atoms with Crippen LogP contribution in [0, 0.1) is 5.92 Å². The van der Waals surface area contributed by atoms with E-state index in [-0.39, 0.29) is 36.6 Å². The highest BCUT2D eigenvalue weighted by atomic mass is 79.9. The molecule has 25 heavy (non-hydrogen) atoms. The molecular weight excluding hydrogens is 431 g/mol. The normalized spacial score (nSPS) is 20.2. The van der Waals surface area contributed by atoms with Crippen molar-refractivity contribution in [3.05, 3.63) is 22.2 Å². The molecule has 0 aliphatic carbocycles. The molecule has 0 bridgehead atoms. The third kappa shape index (κ3) is 5.15. The number of phenolic OH excluding ortho intramolecular Hbond substituents is 1. The molecule has 5 nitrogen and oxygen atoms in total. The lowest BCUT2D eigenvalue weighted by molar-refractivity contribution is 0.0203. The van der Waals surface area contributed by atoms with Crippen LogP contribution in [0.2, 0.25) is 0 Å². The van der Waals surface area contributed by atoms with E-state index in [9.17, 15) is 5.11 Å². The Kier molecular flexibility index (Phi) is 9.85. The van der Waals surface area contributed by atoms with Crippen LogP contribution in [-0.2, 0) is 4.74 Å². The van der Waals surface area contributed by atoms with E-state index in [1.54, 1.807) is 7.11 Å². The van der Waals surface area contributed by atoms with Crippen molar-refractivity contribution in [3.63, 3.8) is 0 Å². The number of phenols is 1. The van der Waals surface area contributed by atoms with Crippen LogP contribution in [0.5, 0.6) is 11.5 Å². The molecule has 2 heterocycles. The fourth-order valence-corrected chi connectivity index (χ4v) is 4.27. The fourth-order valence-electron chi connectivity index (χ4n) is 3.72. The number of piperazine rings is 1. The second-order valence-electron chi connectivity index (χ2n) is 6.19. The largest absolute Gasteiger partial charge is 0.504 e. The lowest BCUT2D eigenvalue weighted by Gasteiger charge is -2.41. The van der Waals surface area contributed by atoms with Crippen LogP contribution >= 0.6 is 40.7 Å². The predicted molar refractivity (Wildman–Crippen MR) is 108 cm³/mol. The van der Waals surface area contributed by atoms with E-state index in [1.165, 1.54) is 0 Å². The summed E-state index contributed by atoms with van der Waals surface area (Å²) in [5.41, 5.74) is 0.957. The van der Waals surface area contributed by atoms with Crippen LogP contribution < -0.4 is 10.1 Å². The number of rotatable bonds is 4. The molecule has 3 rings (SSSR count). The van der Waals surface area contributed by atoms with E-state index in [1.807, 2.05) is 12.1 Å². The van der Waals surface area contributed by atoms with E-state index >= 15 is 0 Å². The Hall–Kier alpha value is -0.240. The van der Waals surface area contributed by atoms with Gasteiger partial charge in [-0.1, -0.05) is 15.9 Å². The molecule has 2 aliphatic rings. The molecule has 0 saturated carbocycles. The van der Waals surface area contributed by atoms with Gasteiger partial charge in [0.25, 0.3) is 0 Å². The molecule has 2 fully saturated rings. The molecule has 2 aliphatic heterocycles. The molecular formula is C17H27BrCl2N2O3. The summed E-state index contributed by atoms with van der Waals surface area (Å²) in [5, 5.41) is 14.2. The van der Waals surface area contributed by atoms with E-state index < -0.39 is 0 Å². The first-order valence-electron chi connectivity index (χ1n) is 8.30. The van der Waals surface area contributed by atoms with Crippen molar-refractivity contribution in [1.29, 1.82) is 0 Å². The van der Waals surface area contributed by atoms with Crippen molar-refractivity contribution in [3.8, 4) is 11.5 Å². The molecule has 1 aromatic carbocycles. The summed E-state index contributed by atoms with van der Waals surface area (Å²) in [5.74, 6) is 1.28. The van der Waals surface area contributed by atoms with Gasteiger partial charge in [-0.3, -0.25) is 4.90 Å². The standard InChI is InChI=1S/C17H25BrN2O3.2ClH/c1-22-14-3-2-13(18)15(17(14)21)16(12-4-10-23-11-5-12)20-8-6-19-7-9-20;;/h2-3,12,16,19,21H,4-11H2,1H3;2*1H/t16-;;/m0../s1. The molecule has 2 saturated heterocycles. The number of halogens is 3. The Balaban J connectivity index is 0.00000156. The molecule has 0 spiro atoms. The van der Waals surface area contributed by atoms with Crippen LogP contribution in [0.4, 0.5) is 0 Å². The third-order valence-corrected chi connectivity index (χ3v) is 5.59. The molecule has 8 heteroatoms. The summed E-state index contributed by atoms with van der Waals surface area (Å²) in [6.07, 6.45) is 2.05. The van der Waals surface area contributed by atoms with E-state index in [2.05, 4.69) is 26.1 Å². The Bertz CT molecular complexity index is 521. The maximum atomic E-state index is 10.8. The third-order valence-electron chi connectivity index (χ3n) is 4.90. The van der Waals surface area contributed by atoms with Gasteiger partial charge in [-0.25, -0.2) is 0 Å². The highest BCUT2D eigenvalue weighted by Gasteiger charge is 2.35. The number of hydrogen-bond donors (Lipinski definition) is 2. The van der Waals surface area contributed by atoms with Gasteiger partial charge < -0.3 is 19.9 Å². The summed E-state index contributed by atoms with van der Waals surface area (Å²) < 4.78 is 11.8. The predicted octanol–water partition coefficient (Wildman–Crippen LogP) is 3.38. The first-order valence-corrected chi connectivity index (χ1v) is 9.09. The minimum atomic E-state index is 0. The van der Waals surface area contributed by atoms with Crippen LogP contribution in [0.3, 0.4) is 0 Å². The van der Waals surface area contributed by atoms with Gasteiger partial charge in [-0.2, -0.15) is 0 Å². The Labute approximate surface area is 170 Å². The van der Waals surface area contributed by atoms with Crippen molar-refractivity contribution < 1.29 is 14.6 Å². The zero-order chi connectivity index (χ0) is 16.2. The Morgan fingerprint density at radius 1 is 1.24 bits per heavy atom. The number of methoxy groups -OCH3 is 1. The first-order chi connectivity index (χ1) is 11.2. The van der Waals surface area contributed by atoms with Gasteiger partial charge in [0.05, 0.1) is 7.11 Å². The van der Waals surface area contributed by atoms with E-state index in [0.29, 0.717) is 11.7 Å². The number of aromatic hydroxyl groups is 1. The van der Waals surface area contributed by atoms with Crippen molar-refractivity contribution in [2.75, 3.05) is 46.5 Å². The smallest absolute Gasteiger partial charge is 0.163 e. The molecule has 2 N–H and O–H groups in total. The van der Waals surface area contributed by atoms with Crippen LogP contribution in [0.1, 0.15) is 24.4 Å². The number of hydrogen-bond acceptors (Lipinski definition) is 5. The average molecular weight is 458 g/mol. The number of nitrogens with one attached hydrogen (secondary N) is 1. The maximum Gasteiger partial charge on any atom is 0.163 e. The second-order valence-corrected chi connectivity index (χ2v) is 7.05. The summed E-state index contributed by atoms with van der Waals surface area (Å²) in [6, 6.07) is 3.97. The highest BCUT2D eigenvalue weighted by molar-refractivity contribution is 9.10. The van der Waals surface area contributed by atoms with Gasteiger partial charge in [0.1, 0.15) is 0 Å². The average Bonchev–Trinajstić information content (AvgIpc) is 2.60. The quantitative estimate of drug-likeness (QED) is 0.725. The maximum absolute atomic E-state index is 10.8. The topological polar surface area (TPSA) is 54.0 Å². The number of benzene rings is 1. The second kappa shape index (κ2) is 10.8. The van der Waals surface area contributed by atoms with Gasteiger partial charge in [0.15, 0.2) is 11.5 Å². The zero-order valence-corrected chi connectivity index (χ0v) is 17.6. The molecule has 1 aromatic rings. The van der Waals surface area contributed by atoms with Crippen LogP contribution in [-0.4, -0.2) is 56.5 Å². The fraction of sp³-hybridized carbons (Fsp3) is 0.647. The summed E-state index contributed by atoms with van der Waals surface area (Å²) >= 11 is 3.66. The zero-order valence-electron chi connectivity index (χ0n) is 14.4.